The first-order chi connectivity index (χ1) is 8.63. The van der Waals surface area contributed by atoms with Crippen LogP contribution in [0, 0.1) is 5.82 Å². The Labute approximate surface area is 114 Å². The largest absolute Gasteiger partial charge is 0.397 e. The third-order valence-corrected chi connectivity index (χ3v) is 3.35. The first kappa shape index (κ1) is 12.9. The molecule has 0 aromatic heterocycles. The van der Waals surface area contributed by atoms with E-state index in [2.05, 4.69) is 15.9 Å². The van der Waals surface area contributed by atoms with Gasteiger partial charge in [-0.25, -0.2) is 4.39 Å². The second-order valence-electron chi connectivity index (χ2n) is 3.90. The van der Waals surface area contributed by atoms with Gasteiger partial charge in [-0.3, -0.25) is 0 Å². The zero-order chi connectivity index (χ0) is 13.1. The van der Waals surface area contributed by atoms with Crippen LogP contribution in [0.4, 0.5) is 21.5 Å². The lowest BCUT2D eigenvalue weighted by Gasteiger charge is -2.25. The van der Waals surface area contributed by atoms with Gasteiger partial charge in [0.05, 0.1) is 15.8 Å². The number of anilines is 3. The highest BCUT2D eigenvalue weighted by atomic mass is 79.9. The van der Waals surface area contributed by atoms with E-state index < -0.39 is 0 Å². The molecule has 0 heterocycles. The Balaban J connectivity index is 2.49. The summed E-state index contributed by atoms with van der Waals surface area (Å²) in [6.45, 7) is 2.79. The van der Waals surface area contributed by atoms with E-state index in [1.54, 1.807) is 6.07 Å². The van der Waals surface area contributed by atoms with Crippen molar-refractivity contribution in [1.29, 1.82) is 0 Å². The van der Waals surface area contributed by atoms with Gasteiger partial charge in [0.15, 0.2) is 0 Å². The Bertz CT molecular complexity index is 543. The van der Waals surface area contributed by atoms with Crippen LogP contribution in [0.15, 0.2) is 46.9 Å². The Kier molecular flexibility index (Phi) is 3.87. The van der Waals surface area contributed by atoms with Gasteiger partial charge >= 0.3 is 0 Å². The average molecular weight is 309 g/mol. The number of rotatable bonds is 3. The highest BCUT2D eigenvalue weighted by Gasteiger charge is 2.13. The smallest absolute Gasteiger partial charge is 0.139 e. The number of benzene rings is 2. The van der Waals surface area contributed by atoms with Crippen molar-refractivity contribution in [2.45, 2.75) is 6.92 Å². The van der Waals surface area contributed by atoms with E-state index in [1.165, 1.54) is 6.07 Å². The molecule has 0 bridgehead atoms. The number of hydrogen-bond acceptors (Lipinski definition) is 2. The van der Waals surface area contributed by atoms with E-state index in [4.69, 9.17) is 5.73 Å². The normalized spacial score (nSPS) is 10.4. The Morgan fingerprint density at radius 2 is 1.89 bits per heavy atom. The van der Waals surface area contributed by atoms with Crippen molar-refractivity contribution in [3.63, 3.8) is 0 Å². The molecule has 2 aromatic carbocycles. The zero-order valence-electron chi connectivity index (χ0n) is 10.0. The number of hydrogen-bond donors (Lipinski definition) is 1. The predicted molar refractivity (Wildman–Crippen MR) is 77.6 cm³/mol. The number of nitrogen functional groups attached to an aromatic ring is 1. The molecule has 0 saturated carbocycles. The fourth-order valence-corrected chi connectivity index (χ4v) is 2.22. The average Bonchev–Trinajstić information content (AvgIpc) is 2.38. The maximum Gasteiger partial charge on any atom is 0.139 e. The molecule has 0 saturated heterocycles. The summed E-state index contributed by atoms with van der Waals surface area (Å²) in [5.74, 6) is -0.347. The van der Waals surface area contributed by atoms with Crippen LogP contribution in [0.3, 0.4) is 0 Å². The van der Waals surface area contributed by atoms with Gasteiger partial charge < -0.3 is 10.6 Å². The first-order valence-corrected chi connectivity index (χ1v) is 6.50. The molecule has 0 radical (unpaired) electrons. The molecular formula is C14H14BrFN2. The maximum atomic E-state index is 13.4. The van der Waals surface area contributed by atoms with Crippen LogP contribution in [-0.4, -0.2) is 6.54 Å². The van der Waals surface area contributed by atoms with Crippen LogP contribution in [0.2, 0.25) is 0 Å². The Morgan fingerprint density at radius 1 is 1.22 bits per heavy atom. The summed E-state index contributed by atoms with van der Waals surface area (Å²) in [7, 11) is 0. The van der Waals surface area contributed by atoms with E-state index in [-0.39, 0.29) is 5.82 Å². The lowest BCUT2D eigenvalue weighted by atomic mass is 10.2. The van der Waals surface area contributed by atoms with Gasteiger partial charge in [0.2, 0.25) is 0 Å². The van der Waals surface area contributed by atoms with Crippen molar-refractivity contribution in [1.82, 2.24) is 0 Å². The third-order valence-electron chi connectivity index (χ3n) is 2.74. The molecule has 2 N–H and O–H groups in total. The van der Waals surface area contributed by atoms with Gasteiger partial charge in [-0.15, -0.1) is 0 Å². The van der Waals surface area contributed by atoms with Gasteiger partial charge in [-0.2, -0.15) is 0 Å². The molecule has 0 unspecified atom stereocenters. The van der Waals surface area contributed by atoms with Gasteiger partial charge in [0, 0.05) is 18.3 Å². The van der Waals surface area contributed by atoms with Crippen molar-refractivity contribution in [3.8, 4) is 0 Å². The number of para-hydroxylation sites is 1. The van der Waals surface area contributed by atoms with Gasteiger partial charge in [-0.1, -0.05) is 18.2 Å². The quantitative estimate of drug-likeness (QED) is 0.855. The second kappa shape index (κ2) is 5.40. The molecular weight excluding hydrogens is 295 g/mol. The summed E-state index contributed by atoms with van der Waals surface area (Å²) < 4.78 is 13.8. The van der Waals surface area contributed by atoms with Crippen molar-refractivity contribution >= 4 is 33.0 Å². The summed E-state index contributed by atoms with van der Waals surface area (Å²) in [6.07, 6.45) is 0. The molecule has 0 aliphatic heterocycles. The van der Waals surface area contributed by atoms with Crippen LogP contribution >= 0.6 is 15.9 Å². The van der Waals surface area contributed by atoms with Crippen molar-refractivity contribution < 1.29 is 4.39 Å². The molecule has 2 aromatic rings. The SMILES string of the molecule is CCN(c1ccccc1)c1cc(Br)c(F)cc1N. The minimum Gasteiger partial charge on any atom is -0.397 e. The second-order valence-corrected chi connectivity index (χ2v) is 4.76. The molecule has 4 heteroatoms. The predicted octanol–water partition coefficient (Wildman–Crippen LogP) is 4.33. The lowest BCUT2D eigenvalue weighted by molar-refractivity contribution is 0.622. The third kappa shape index (κ3) is 2.48. The first-order valence-electron chi connectivity index (χ1n) is 5.70. The van der Waals surface area contributed by atoms with E-state index in [9.17, 15) is 4.39 Å². The Hall–Kier alpha value is -1.55. The molecule has 2 rings (SSSR count). The van der Waals surface area contributed by atoms with Crippen molar-refractivity contribution in [2.24, 2.45) is 0 Å². The van der Waals surface area contributed by atoms with Gasteiger partial charge in [-0.05, 0) is 41.1 Å². The molecule has 0 atom stereocenters. The molecule has 94 valence electrons. The van der Waals surface area contributed by atoms with Crippen LogP contribution in [0.25, 0.3) is 0 Å². The fourth-order valence-electron chi connectivity index (χ4n) is 1.89. The number of halogens is 2. The van der Waals surface area contributed by atoms with Gasteiger partial charge in [0.1, 0.15) is 5.82 Å². The summed E-state index contributed by atoms with van der Waals surface area (Å²) in [6, 6.07) is 12.9. The van der Waals surface area contributed by atoms with Crippen LogP contribution in [0.5, 0.6) is 0 Å². The molecule has 0 aliphatic rings. The van der Waals surface area contributed by atoms with Crippen LogP contribution < -0.4 is 10.6 Å². The summed E-state index contributed by atoms with van der Waals surface area (Å²) >= 11 is 3.19. The molecule has 0 spiro atoms. The number of nitrogens with two attached hydrogens (primary N) is 1. The van der Waals surface area contributed by atoms with E-state index in [1.807, 2.05) is 42.2 Å². The topological polar surface area (TPSA) is 29.3 Å². The minimum absolute atomic E-state index is 0.347. The van der Waals surface area contributed by atoms with Gasteiger partial charge in [0.25, 0.3) is 0 Å². The standard InChI is InChI=1S/C14H14BrFN2/c1-2-18(10-6-4-3-5-7-10)14-8-11(15)12(16)9-13(14)17/h3-9H,2,17H2,1H3. The van der Waals surface area contributed by atoms with E-state index >= 15 is 0 Å². The summed E-state index contributed by atoms with van der Waals surface area (Å²) in [5.41, 5.74) is 8.17. The van der Waals surface area contributed by atoms with Crippen LogP contribution in [0.1, 0.15) is 6.92 Å². The molecule has 18 heavy (non-hydrogen) atoms. The van der Waals surface area contributed by atoms with Crippen molar-refractivity contribution in [2.75, 3.05) is 17.2 Å². The fraction of sp³-hybridized carbons (Fsp3) is 0.143. The zero-order valence-corrected chi connectivity index (χ0v) is 11.6. The highest BCUT2D eigenvalue weighted by Crippen LogP contribution is 2.33. The summed E-state index contributed by atoms with van der Waals surface area (Å²) in [4.78, 5) is 2.04. The lowest BCUT2D eigenvalue weighted by Crippen LogP contribution is -2.17. The maximum absolute atomic E-state index is 13.4. The highest BCUT2D eigenvalue weighted by molar-refractivity contribution is 9.10. The van der Waals surface area contributed by atoms with Crippen LogP contribution in [-0.2, 0) is 0 Å². The molecule has 0 fully saturated rings. The molecule has 2 nitrogen and oxygen atoms in total. The van der Waals surface area contributed by atoms with E-state index in [0.29, 0.717) is 10.2 Å². The summed E-state index contributed by atoms with van der Waals surface area (Å²) in [5, 5.41) is 0. The molecule has 0 amide bonds. The molecule has 0 aliphatic carbocycles. The minimum atomic E-state index is -0.347. The Morgan fingerprint density at radius 3 is 2.50 bits per heavy atom. The van der Waals surface area contributed by atoms with Crippen molar-refractivity contribution in [3.05, 3.63) is 52.8 Å². The number of nitrogens with zero attached hydrogens (tertiary/aromatic N) is 1. The monoisotopic (exact) mass is 308 g/mol. The van der Waals surface area contributed by atoms with E-state index in [0.717, 1.165) is 17.9 Å².